The molecule has 3 atom stereocenters. The van der Waals surface area contributed by atoms with E-state index in [4.69, 9.17) is 16.9 Å². The molecule has 0 amide bonds. The van der Waals surface area contributed by atoms with Crippen molar-refractivity contribution in [1.82, 2.24) is 4.72 Å². The Balaban J connectivity index is 2.64. The lowest BCUT2D eigenvalue weighted by Gasteiger charge is -2.16. The number of nitrogens with one attached hydrogen (secondary N) is 1. The summed E-state index contributed by atoms with van der Waals surface area (Å²) in [6.07, 6.45) is 2.52. The lowest BCUT2D eigenvalue weighted by molar-refractivity contribution is 0.550. The van der Waals surface area contributed by atoms with E-state index in [9.17, 15) is 8.42 Å². The summed E-state index contributed by atoms with van der Waals surface area (Å²) in [5.41, 5.74) is 0. The predicted molar refractivity (Wildman–Crippen MR) is 54.4 cm³/mol. The molecule has 0 aromatic heterocycles. The van der Waals surface area contributed by atoms with E-state index >= 15 is 0 Å². The quantitative estimate of drug-likeness (QED) is 0.743. The molecule has 80 valence electrons. The van der Waals surface area contributed by atoms with Gasteiger partial charge in [0.25, 0.3) is 0 Å². The first-order valence-electron chi connectivity index (χ1n) is 4.52. The Morgan fingerprint density at radius 3 is 2.64 bits per heavy atom. The van der Waals surface area contributed by atoms with Crippen LogP contribution < -0.4 is 4.72 Å². The number of rotatable bonds is 3. The van der Waals surface area contributed by atoms with E-state index in [0.29, 0.717) is 0 Å². The lowest BCUT2D eigenvalue weighted by atomic mass is 10.3. The molecule has 4 nitrogen and oxygen atoms in total. The van der Waals surface area contributed by atoms with Gasteiger partial charge in [-0.1, -0.05) is 6.42 Å². The second kappa shape index (κ2) is 4.47. The first-order valence-corrected chi connectivity index (χ1v) is 6.50. The van der Waals surface area contributed by atoms with Crippen molar-refractivity contribution in [2.24, 2.45) is 0 Å². The maximum Gasteiger partial charge on any atom is 0.227 e. The van der Waals surface area contributed by atoms with Gasteiger partial charge in [0.05, 0.1) is 6.07 Å². The van der Waals surface area contributed by atoms with E-state index in [-0.39, 0.29) is 11.4 Å². The summed E-state index contributed by atoms with van der Waals surface area (Å²) in [4.78, 5) is 0. The van der Waals surface area contributed by atoms with Crippen LogP contribution in [0.4, 0.5) is 0 Å². The van der Waals surface area contributed by atoms with Crippen LogP contribution in [0.3, 0.4) is 0 Å². The van der Waals surface area contributed by atoms with E-state index in [1.165, 1.54) is 6.92 Å². The Kier molecular flexibility index (Phi) is 3.76. The van der Waals surface area contributed by atoms with Gasteiger partial charge in [-0.25, -0.2) is 13.1 Å². The molecule has 1 rings (SSSR count). The number of hydrogen-bond acceptors (Lipinski definition) is 3. The fourth-order valence-electron chi connectivity index (χ4n) is 1.43. The maximum absolute atomic E-state index is 11.5. The summed E-state index contributed by atoms with van der Waals surface area (Å²) in [5, 5.41) is 7.34. The van der Waals surface area contributed by atoms with Crippen LogP contribution in [0.25, 0.3) is 0 Å². The number of sulfonamides is 1. The molecule has 1 saturated carbocycles. The average molecular weight is 237 g/mol. The molecule has 1 aliphatic rings. The number of halogens is 1. The van der Waals surface area contributed by atoms with Crippen LogP contribution in [0.1, 0.15) is 26.2 Å². The van der Waals surface area contributed by atoms with E-state index in [2.05, 4.69) is 4.72 Å². The van der Waals surface area contributed by atoms with Crippen molar-refractivity contribution in [3.05, 3.63) is 0 Å². The predicted octanol–water partition coefficient (Wildman–Crippen LogP) is 0.978. The Bertz CT molecular complexity index is 336. The van der Waals surface area contributed by atoms with Crippen molar-refractivity contribution in [1.29, 1.82) is 5.26 Å². The van der Waals surface area contributed by atoms with Gasteiger partial charge in [-0.15, -0.1) is 11.6 Å². The van der Waals surface area contributed by atoms with Crippen LogP contribution in [0, 0.1) is 11.3 Å². The minimum atomic E-state index is -3.52. The van der Waals surface area contributed by atoms with Gasteiger partial charge in [-0.3, -0.25) is 0 Å². The van der Waals surface area contributed by atoms with Crippen LogP contribution in [-0.2, 0) is 10.0 Å². The Labute approximate surface area is 89.3 Å². The van der Waals surface area contributed by atoms with E-state index in [0.717, 1.165) is 19.3 Å². The first-order chi connectivity index (χ1) is 6.47. The Hall–Kier alpha value is -0.310. The number of nitrogens with zero attached hydrogens (tertiary/aromatic N) is 1. The van der Waals surface area contributed by atoms with Crippen LogP contribution in [0.5, 0.6) is 0 Å². The minimum Gasteiger partial charge on any atom is -0.211 e. The van der Waals surface area contributed by atoms with E-state index < -0.39 is 15.3 Å². The summed E-state index contributed by atoms with van der Waals surface area (Å²) >= 11 is 5.92. The summed E-state index contributed by atoms with van der Waals surface area (Å²) in [7, 11) is -3.52. The molecule has 6 heteroatoms. The van der Waals surface area contributed by atoms with Crippen molar-refractivity contribution in [3.63, 3.8) is 0 Å². The number of nitriles is 1. The van der Waals surface area contributed by atoms with Crippen LogP contribution in [0.2, 0.25) is 0 Å². The fourth-order valence-corrected chi connectivity index (χ4v) is 2.89. The summed E-state index contributed by atoms with van der Waals surface area (Å²) in [6.45, 7) is 1.36. The van der Waals surface area contributed by atoms with Crippen molar-refractivity contribution in [2.45, 2.75) is 42.9 Å². The standard InChI is InChI=1S/C8H13ClN2O2S/c1-6(5-10)14(12,13)11-8-4-2-3-7(8)9/h6-8,11H,2-4H2,1H3. The molecule has 0 spiro atoms. The van der Waals surface area contributed by atoms with Gasteiger partial charge in [-0.05, 0) is 19.8 Å². The highest BCUT2D eigenvalue weighted by Crippen LogP contribution is 2.24. The Morgan fingerprint density at radius 1 is 1.57 bits per heavy atom. The molecule has 1 N–H and O–H groups in total. The monoisotopic (exact) mass is 236 g/mol. The first kappa shape index (κ1) is 11.8. The van der Waals surface area contributed by atoms with Crippen LogP contribution in [-0.4, -0.2) is 25.1 Å². The normalized spacial score (nSPS) is 29.8. The van der Waals surface area contributed by atoms with E-state index in [1.54, 1.807) is 6.07 Å². The van der Waals surface area contributed by atoms with Gasteiger partial charge in [0.1, 0.15) is 0 Å². The molecule has 0 saturated heterocycles. The zero-order valence-electron chi connectivity index (χ0n) is 7.90. The summed E-state index contributed by atoms with van der Waals surface area (Å²) in [5.74, 6) is 0. The fraction of sp³-hybridized carbons (Fsp3) is 0.875. The molecule has 1 fully saturated rings. The number of hydrogen-bond donors (Lipinski definition) is 1. The van der Waals surface area contributed by atoms with Crippen molar-refractivity contribution >= 4 is 21.6 Å². The molecule has 0 heterocycles. The molecule has 0 aromatic rings. The number of alkyl halides is 1. The third-order valence-corrected chi connectivity index (χ3v) is 4.58. The molecule has 0 aliphatic heterocycles. The molecule has 14 heavy (non-hydrogen) atoms. The molecular weight excluding hydrogens is 224 g/mol. The minimum absolute atomic E-state index is 0.143. The van der Waals surface area contributed by atoms with Gasteiger partial charge in [0.15, 0.2) is 5.25 Å². The highest BCUT2D eigenvalue weighted by Gasteiger charge is 2.31. The SMILES string of the molecule is CC(C#N)S(=O)(=O)NC1CCCC1Cl. The zero-order valence-corrected chi connectivity index (χ0v) is 9.48. The molecular formula is C8H13ClN2O2S. The molecule has 0 aromatic carbocycles. The molecule has 1 aliphatic carbocycles. The average Bonchev–Trinajstić information content (AvgIpc) is 2.50. The Morgan fingerprint density at radius 2 is 2.21 bits per heavy atom. The largest absolute Gasteiger partial charge is 0.227 e. The van der Waals surface area contributed by atoms with Gasteiger partial charge < -0.3 is 0 Å². The lowest BCUT2D eigenvalue weighted by Crippen LogP contribution is -2.41. The van der Waals surface area contributed by atoms with Gasteiger partial charge in [0.2, 0.25) is 10.0 Å². The van der Waals surface area contributed by atoms with Gasteiger partial charge >= 0.3 is 0 Å². The van der Waals surface area contributed by atoms with Gasteiger partial charge in [-0.2, -0.15) is 5.26 Å². The van der Waals surface area contributed by atoms with Crippen molar-refractivity contribution < 1.29 is 8.42 Å². The van der Waals surface area contributed by atoms with Crippen molar-refractivity contribution in [3.8, 4) is 6.07 Å². The van der Waals surface area contributed by atoms with Crippen LogP contribution >= 0.6 is 11.6 Å². The zero-order chi connectivity index (χ0) is 10.8. The third kappa shape index (κ3) is 2.59. The van der Waals surface area contributed by atoms with Gasteiger partial charge in [0, 0.05) is 11.4 Å². The maximum atomic E-state index is 11.5. The molecule has 0 bridgehead atoms. The van der Waals surface area contributed by atoms with Crippen LogP contribution in [0.15, 0.2) is 0 Å². The van der Waals surface area contributed by atoms with Crippen molar-refractivity contribution in [2.75, 3.05) is 0 Å². The second-order valence-corrected chi connectivity index (χ2v) is 6.08. The summed E-state index contributed by atoms with van der Waals surface area (Å²) < 4.78 is 25.4. The van der Waals surface area contributed by atoms with E-state index in [1.807, 2.05) is 0 Å². The highest BCUT2D eigenvalue weighted by molar-refractivity contribution is 7.90. The second-order valence-electron chi connectivity index (χ2n) is 3.49. The summed E-state index contributed by atoms with van der Waals surface area (Å²) in [6, 6.07) is 1.49. The third-order valence-electron chi connectivity index (χ3n) is 2.39. The molecule has 0 radical (unpaired) electrons. The highest BCUT2D eigenvalue weighted by atomic mass is 35.5. The molecule has 3 unspecified atom stereocenters. The topological polar surface area (TPSA) is 70.0 Å². The smallest absolute Gasteiger partial charge is 0.211 e.